The molecule has 1 amide bonds. The molecular weight excluding hydrogens is 376 g/mol. The summed E-state index contributed by atoms with van der Waals surface area (Å²) in [5.74, 6) is 0.311. The first-order valence-electron chi connectivity index (χ1n) is 11.4. The van der Waals surface area contributed by atoms with Crippen molar-refractivity contribution >= 4 is 16.8 Å². The number of aryl methyl sites for hydroxylation is 2. The number of aromatic nitrogens is 1. The number of carbonyl (C=O) groups is 1. The number of ether oxygens (including phenoxy) is 1. The van der Waals surface area contributed by atoms with Crippen LogP contribution in [-0.2, 0) is 23.0 Å². The molecule has 0 spiro atoms. The Morgan fingerprint density at radius 3 is 2.60 bits per heavy atom. The van der Waals surface area contributed by atoms with Gasteiger partial charge in [-0.3, -0.25) is 9.69 Å². The third kappa shape index (κ3) is 5.05. The summed E-state index contributed by atoms with van der Waals surface area (Å²) in [5.41, 5.74) is 2.51. The van der Waals surface area contributed by atoms with E-state index in [0.29, 0.717) is 18.4 Å². The van der Waals surface area contributed by atoms with Gasteiger partial charge in [-0.15, -0.1) is 0 Å². The fourth-order valence-corrected chi connectivity index (χ4v) is 4.90. The van der Waals surface area contributed by atoms with Gasteiger partial charge in [0.2, 0.25) is 5.91 Å². The molecule has 0 unspecified atom stereocenters. The molecule has 30 heavy (non-hydrogen) atoms. The monoisotopic (exact) mass is 412 g/mol. The van der Waals surface area contributed by atoms with Crippen LogP contribution in [0.2, 0.25) is 0 Å². The molecule has 0 aliphatic carbocycles. The van der Waals surface area contributed by atoms with Crippen molar-refractivity contribution < 1.29 is 9.53 Å². The van der Waals surface area contributed by atoms with Gasteiger partial charge in [-0.2, -0.15) is 0 Å². The second kappa shape index (κ2) is 9.94. The van der Waals surface area contributed by atoms with Crippen molar-refractivity contribution in [1.82, 2.24) is 19.3 Å². The Labute approximate surface area is 180 Å². The van der Waals surface area contributed by atoms with Crippen LogP contribution in [0.1, 0.15) is 24.8 Å². The van der Waals surface area contributed by atoms with Crippen LogP contribution >= 0.6 is 0 Å². The van der Waals surface area contributed by atoms with E-state index in [1.807, 2.05) is 0 Å². The predicted octanol–water partition coefficient (Wildman–Crippen LogP) is 2.37. The smallest absolute Gasteiger partial charge is 0.223 e. The lowest BCUT2D eigenvalue weighted by Gasteiger charge is -2.39. The normalized spacial score (nSPS) is 19.4. The number of benzene rings is 1. The zero-order valence-corrected chi connectivity index (χ0v) is 18.6. The van der Waals surface area contributed by atoms with Crippen molar-refractivity contribution in [3.8, 4) is 0 Å². The van der Waals surface area contributed by atoms with E-state index >= 15 is 0 Å². The van der Waals surface area contributed by atoms with Crippen molar-refractivity contribution in [2.75, 3.05) is 59.5 Å². The minimum Gasteiger partial charge on any atom is -0.379 e. The number of amides is 1. The summed E-state index contributed by atoms with van der Waals surface area (Å²) >= 11 is 0. The maximum atomic E-state index is 13.4. The zero-order chi connectivity index (χ0) is 20.9. The average Bonchev–Trinajstić information content (AvgIpc) is 3.10. The summed E-state index contributed by atoms with van der Waals surface area (Å²) in [6.45, 7) is 7.52. The van der Waals surface area contributed by atoms with E-state index in [9.17, 15) is 4.79 Å². The first kappa shape index (κ1) is 21.3. The number of hydrogen-bond donors (Lipinski definition) is 0. The lowest BCUT2D eigenvalue weighted by molar-refractivity contribution is -0.134. The number of likely N-dealkylation sites (tertiary alicyclic amines) is 1. The number of fused-ring (bicyclic) bond motifs is 1. The topological polar surface area (TPSA) is 41.0 Å². The van der Waals surface area contributed by atoms with Crippen molar-refractivity contribution in [3.05, 3.63) is 36.0 Å². The number of carbonyl (C=O) groups excluding carboxylic acids is 1. The maximum absolute atomic E-state index is 13.4. The van der Waals surface area contributed by atoms with Crippen molar-refractivity contribution in [2.45, 2.75) is 31.7 Å². The standard InChI is InChI=1S/C24H36N4O2/c1-25-11-9-21(10-12-25)28(14-13-27-15-17-30-18-16-27)24(29)8-7-20-19-26(2)23-6-4-3-5-22(20)23/h3-6,19,21H,7-18H2,1-2H3. The number of rotatable bonds is 7. The van der Waals surface area contributed by atoms with E-state index in [1.54, 1.807) is 0 Å². The van der Waals surface area contributed by atoms with Crippen molar-refractivity contribution in [1.29, 1.82) is 0 Å². The first-order valence-corrected chi connectivity index (χ1v) is 11.4. The van der Waals surface area contributed by atoms with Gasteiger partial charge in [0.25, 0.3) is 0 Å². The summed E-state index contributed by atoms with van der Waals surface area (Å²) in [5, 5.41) is 1.27. The SMILES string of the molecule is CN1CCC(N(CCN2CCOCC2)C(=O)CCc2cn(C)c3ccccc23)CC1. The van der Waals surface area contributed by atoms with Gasteiger partial charge in [0.15, 0.2) is 0 Å². The van der Waals surface area contributed by atoms with Gasteiger partial charge in [-0.1, -0.05) is 18.2 Å². The number of hydrogen-bond acceptors (Lipinski definition) is 4. The van der Waals surface area contributed by atoms with Gasteiger partial charge in [-0.25, -0.2) is 0 Å². The van der Waals surface area contributed by atoms with Crippen LogP contribution in [0, 0.1) is 0 Å². The second-order valence-electron chi connectivity index (χ2n) is 8.86. The zero-order valence-electron chi connectivity index (χ0n) is 18.6. The molecule has 2 aromatic rings. The van der Waals surface area contributed by atoms with Gasteiger partial charge >= 0.3 is 0 Å². The van der Waals surface area contributed by atoms with Crippen LogP contribution in [0.5, 0.6) is 0 Å². The summed E-state index contributed by atoms with van der Waals surface area (Å²) in [4.78, 5) is 20.4. The Kier molecular flexibility index (Phi) is 7.08. The van der Waals surface area contributed by atoms with E-state index in [-0.39, 0.29) is 0 Å². The highest BCUT2D eigenvalue weighted by Gasteiger charge is 2.27. The quantitative estimate of drug-likeness (QED) is 0.700. The molecule has 1 aromatic heterocycles. The number of nitrogens with zero attached hydrogens (tertiary/aromatic N) is 4. The lowest BCUT2D eigenvalue weighted by Crippen LogP contribution is -2.50. The first-order chi connectivity index (χ1) is 14.6. The largest absolute Gasteiger partial charge is 0.379 e. The van der Waals surface area contributed by atoms with Crippen LogP contribution in [0.3, 0.4) is 0 Å². The van der Waals surface area contributed by atoms with Crippen LogP contribution in [0.4, 0.5) is 0 Å². The highest BCUT2D eigenvalue weighted by Crippen LogP contribution is 2.23. The molecule has 0 bridgehead atoms. The van der Waals surface area contributed by atoms with Gasteiger partial charge in [0, 0.05) is 62.8 Å². The van der Waals surface area contributed by atoms with Crippen molar-refractivity contribution in [2.24, 2.45) is 7.05 Å². The second-order valence-corrected chi connectivity index (χ2v) is 8.86. The third-order valence-corrected chi connectivity index (χ3v) is 6.80. The van der Waals surface area contributed by atoms with E-state index < -0.39 is 0 Å². The fraction of sp³-hybridized carbons (Fsp3) is 0.625. The van der Waals surface area contributed by atoms with Gasteiger partial charge in [-0.05, 0) is 51.0 Å². The van der Waals surface area contributed by atoms with Crippen LogP contribution in [0.15, 0.2) is 30.5 Å². The van der Waals surface area contributed by atoms with E-state index in [0.717, 1.165) is 71.7 Å². The van der Waals surface area contributed by atoms with E-state index in [1.165, 1.54) is 16.5 Å². The average molecular weight is 413 g/mol. The molecule has 2 saturated heterocycles. The summed E-state index contributed by atoms with van der Waals surface area (Å²) in [7, 11) is 4.26. The molecule has 1 aromatic carbocycles. The van der Waals surface area contributed by atoms with Crippen LogP contribution in [0.25, 0.3) is 10.9 Å². The fourth-order valence-electron chi connectivity index (χ4n) is 4.90. The maximum Gasteiger partial charge on any atom is 0.223 e. The molecule has 2 fully saturated rings. The highest BCUT2D eigenvalue weighted by atomic mass is 16.5. The highest BCUT2D eigenvalue weighted by molar-refractivity contribution is 5.85. The number of piperidine rings is 1. The third-order valence-electron chi connectivity index (χ3n) is 6.80. The molecule has 3 heterocycles. The van der Waals surface area contributed by atoms with Crippen LogP contribution in [-0.4, -0.2) is 90.7 Å². The van der Waals surface area contributed by atoms with Gasteiger partial charge < -0.3 is 19.1 Å². The Morgan fingerprint density at radius 2 is 1.83 bits per heavy atom. The van der Waals surface area contributed by atoms with Gasteiger partial charge in [0.1, 0.15) is 0 Å². The number of morpholine rings is 1. The summed E-state index contributed by atoms with van der Waals surface area (Å²) < 4.78 is 7.65. The molecule has 0 radical (unpaired) electrons. The minimum atomic E-state index is 0.311. The Hall–Kier alpha value is -1.89. The molecule has 0 saturated carbocycles. The molecule has 0 N–H and O–H groups in total. The lowest BCUT2D eigenvalue weighted by atomic mass is 10.0. The minimum absolute atomic E-state index is 0.311. The molecule has 0 atom stereocenters. The molecule has 6 nitrogen and oxygen atoms in total. The van der Waals surface area contributed by atoms with Crippen LogP contribution < -0.4 is 0 Å². The van der Waals surface area contributed by atoms with Crippen molar-refractivity contribution in [3.63, 3.8) is 0 Å². The number of para-hydroxylation sites is 1. The molecule has 2 aliphatic heterocycles. The summed E-state index contributed by atoms with van der Waals surface area (Å²) in [6, 6.07) is 8.85. The molecule has 2 aliphatic rings. The Bertz CT molecular complexity index is 835. The molecule has 6 heteroatoms. The van der Waals surface area contributed by atoms with E-state index in [4.69, 9.17) is 4.74 Å². The Balaban J connectivity index is 1.41. The molecule has 4 rings (SSSR count). The molecule has 164 valence electrons. The molecular formula is C24H36N4O2. The predicted molar refractivity (Wildman–Crippen MR) is 121 cm³/mol. The summed E-state index contributed by atoms with van der Waals surface area (Å²) in [6.07, 6.45) is 5.75. The Morgan fingerprint density at radius 1 is 1.10 bits per heavy atom. The van der Waals surface area contributed by atoms with Gasteiger partial charge in [0.05, 0.1) is 13.2 Å². The van der Waals surface area contributed by atoms with E-state index in [2.05, 4.69) is 63.8 Å².